The second-order valence-electron chi connectivity index (χ2n) is 5.14. The Kier molecular flexibility index (Phi) is 4.24. The van der Waals surface area contributed by atoms with Gasteiger partial charge >= 0.3 is 0 Å². The summed E-state index contributed by atoms with van der Waals surface area (Å²) in [4.78, 5) is 14.0. The van der Waals surface area contributed by atoms with E-state index in [0.29, 0.717) is 12.5 Å². The van der Waals surface area contributed by atoms with Gasteiger partial charge in [0.25, 0.3) is 0 Å². The van der Waals surface area contributed by atoms with Crippen LogP contribution in [0.4, 0.5) is 5.69 Å². The Bertz CT molecular complexity index is 411. The minimum atomic E-state index is 0.241. The minimum absolute atomic E-state index is 0.241. The predicted molar refractivity (Wildman–Crippen MR) is 74.2 cm³/mol. The molecule has 1 aromatic rings. The normalized spacial score (nSPS) is 15.8. The number of anilines is 1. The van der Waals surface area contributed by atoms with Crippen molar-refractivity contribution in [2.45, 2.75) is 44.6 Å². The van der Waals surface area contributed by atoms with E-state index >= 15 is 0 Å². The Morgan fingerprint density at radius 1 is 1.33 bits per heavy atom. The summed E-state index contributed by atoms with van der Waals surface area (Å²) in [5, 5.41) is 0. The van der Waals surface area contributed by atoms with Gasteiger partial charge in [-0.25, -0.2) is 0 Å². The monoisotopic (exact) mass is 246 g/mol. The van der Waals surface area contributed by atoms with E-state index in [4.69, 9.17) is 5.73 Å². The number of carbonyl (C=O) groups excluding carboxylic acids is 1. The molecule has 3 nitrogen and oxygen atoms in total. The quantitative estimate of drug-likeness (QED) is 0.830. The molecule has 0 atom stereocenters. The summed E-state index contributed by atoms with van der Waals surface area (Å²) in [5.41, 5.74) is 7.74. The highest BCUT2D eigenvalue weighted by atomic mass is 16.2. The van der Waals surface area contributed by atoms with Crippen LogP contribution >= 0.6 is 0 Å². The first-order valence-corrected chi connectivity index (χ1v) is 6.77. The van der Waals surface area contributed by atoms with Crippen LogP contribution in [0, 0.1) is 0 Å². The van der Waals surface area contributed by atoms with Crippen molar-refractivity contribution in [1.82, 2.24) is 4.90 Å². The topological polar surface area (TPSA) is 46.3 Å². The summed E-state index contributed by atoms with van der Waals surface area (Å²) in [7, 11) is 1.94. The van der Waals surface area contributed by atoms with Crippen molar-refractivity contribution in [1.29, 1.82) is 0 Å². The molecule has 2 N–H and O–H groups in total. The molecule has 0 bridgehead atoms. The molecule has 98 valence electrons. The van der Waals surface area contributed by atoms with E-state index in [1.54, 1.807) is 0 Å². The summed E-state index contributed by atoms with van der Waals surface area (Å²) < 4.78 is 0. The molecule has 0 aromatic heterocycles. The molecule has 3 heteroatoms. The molecular weight excluding hydrogens is 224 g/mol. The van der Waals surface area contributed by atoms with Gasteiger partial charge in [-0.05, 0) is 30.9 Å². The molecule has 2 rings (SSSR count). The van der Waals surface area contributed by atoms with Crippen LogP contribution in [0.5, 0.6) is 0 Å². The Labute approximate surface area is 109 Å². The Morgan fingerprint density at radius 2 is 2.00 bits per heavy atom. The fourth-order valence-corrected chi connectivity index (χ4v) is 2.68. The second kappa shape index (κ2) is 5.89. The summed E-state index contributed by atoms with van der Waals surface area (Å²) >= 11 is 0. The summed E-state index contributed by atoms with van der Waals surface area (Å²) in [5.74, 6) is 0.241. The third-order valence-electron chi connectivity index (χ3n) is 3.93. The largest absolute Gasteiger partial charge is 0.399 e. The van der Waals surface area contributed by atoms with Gasteiger partial charge in [0.2, 0.25) is 5.91 Å². The highest BCUT2D eigenvalue weighted by molar-refractivity contribution is 5.76. The van der Waals surface area contributed by atoms with Crippen LogP contribution in [-0.2, 0) is 11.2 Å². The lowest BCUT2D eigenvalue weighted by Gasteiger charge is -2.24. The van der Waals surface area contributed by atoms with E-state index in [1.165, 1.54) is 12.8 Å². The average molecular weight is 246 g/mol. The third kappa shape index (κ3) is 3.03. The zero-order valence-electron chi connectivity index (χ0n) is 11.1. The number of hydrogen-bond acceptors (Lipinski definition) is 2. The van der Waals surface area contributed by atoms with Gasteiger partial charge in [-0.3, -0.25) is 4.79 Å². The van der Waals surface area contributed by atoms with Gasteiger partial charge in [-0.1, -0.05) is 31.0 Å². The maximum absolute atomic E-state index is 12.1. The van der Waals surface area contributed by atoms with Crippen LogP contribution < -0.4 is 5.73 Å². The Morgan fingerprint density at radius 3 is 2.67 bits per heavy atom. The van der Waals surface area contributed by atoms with E-state index in [0.717, 1.165) is 30.5 Å². The van der Waals surface area contributed by atoms with Gasteiger partial charge in [0.15, 0.2) is 0 Å². The van der Waals surface area contributed by atoms with E-state index < -0.39 is 0 Å². The van der Waals surface area contributed by atoms with Gasteiger partial charge in [0, 0.05) is 25.2 Å². The molecule has 0 spiro atoms. The van der Waals surface area contributed by atoms with Crippen molar-refractivity contribution < 1.29 is 4.79 Å². The van der Waals surface area contributed by atoms with Crippen LogP contribution in [0.1, 0.15) is 37.7 Å². The Balaban J connectivity index is 1.86. The molecule has 1 saturated carbocycles. The number of amides is 1. The van der Waals surface area contributed by atoms with Gasteiger partial charge in [-0.15, -0.1) is 0 Å². The lowest BCUT2D eigenvalue weighted by atomic mass is 10.1. The number of para-hydroxylation sites is 1. The molecule has 1 aliphatic carbocycles. The average Bonchev–Trinajstić information content (AvgIpc) is 2.90. The predicted octanol–water partition coefficient (Wildman–Crippen LogP) is 2.60. The van der Waals surface area contributed by atoms with Gasteiger partial charge in [0.1, 0.15) is 0 Å². The number of carbonyl (C=O) groups is 1. The van der Waals surface area contributed by atoms with Crippen LogP contribution in [0.2, 0.25) is 0 Å². The number of hydrogen-bond donors (Lipinski definition) is 1. The van der Waals surface area contributed by atoms with Crippen molar-refractivity contribution >= 4 is 11.6 Å². The lowest BCUT2D eigenvalue weighted by Crippen LogP contribution is -2.35. The summed E-state index contributed by atoms with van der Waals surface area (Å²) in [6, 6.07) is 8.24. The second-order valence-corrected chi connectivity index (χ2v) is 5.14. The number of aryl methyl sites for hydroxylation is 1. The molecule has 1 aliphatic rings. The number of nitrogens with two attached hydrogens (primary N) is 1. The highest BCUT2D eigenvalue weighted by Gasteiger charge is 2.22. The molecular formula is C15H22N2O. The first kappa shape index (κ1) is 12.9. The third-order valence-corrected chi connectivity index (χ3v) is 3.93. The Hall–Kier alpha value is -1.51. The fourth-order valence-electron chi connectivity index (χ4n) is 2.68. The molecule has 1 amide bonds. The van der Waals surface area contributed by atoms with Crippen molar-refractivity contribution in [2.75, 3.05) is 12.8 Å². The fraction of sp³-hybridized carbons (Fsp3) is 0.533. The van der Waals surface area contributed by atoms with Gasteiger partial charge in [0.05, 0.1) is 0 Å². The molecule has 0 heterocycles. The van der Waals surface area contributed by atoms with E-state index in [1.807, 2.05) is 36.2 Å². The zero-order valence-corrected chi connectivity index (χ0v) is 11.1. The van der Waals surface area contributed by atoms with Gasteiger partial charge in [-0.2, -0.15) is 0 Å². The van der Waals surface area contributed by atoms with Crippen LogP contribution in [0.25, 0.3) is 0 Å². The lowest BCUT2D eigenvalue weighted by molar-refractivity contribution is -0.131. The zero-order chi connectivity index (χ0) is 13.0. The first-order chi connectivity index (χ1) is 8.68. The van der Waals surface area contributed by atoms with Crippen LogP contribution in [0.15, 0.2) is 24.3 Å². The molecule has 0 aliphatic heterocycles. The minimum Gasteiger partial charge on any atom is -0.399 e. The van der Waals surface area contributed by atoms with Crippen LogP contribution in [-0.4, -0.2) is 23.9 Å². The SMILES string of the molecule is CN(C(=O)CCc1ccccc1N)C1CCCC1. The number of rotatable bonds is 4. The smallest absolute Gasteiger partial charge is 0.222 e. The van der Waals surface area contributed by atoms with Crippen molar-refractivity contribution in [2.24, 2.45) is 0 Å². The number of nitrogen functional groups attached to an aromatic ring is 1. The maximum Gasteiger partial charge on any atom is 0.222 e. The molecule has 0 radical (unpaired) electrons. The van der Waals surface area contributed by atoms with Crippen LogP contribution in [0.3, 0.4) is 0 Å². The van der Waals surface area contributed by atoms with Crippen molar-refractivity contribution in [3.05, 3.63) is 29.8 Å². The maximum atomic E-state index is 12.1. The van der Waals surface area contributed by atoms with E-state index in [9.17, 15) is 4.79 Å². The van der Waals surface area contributed by atoms with Gasteiger partial charge < -0.3 is 10.6 Å². The summed E-state index contributed by atoms with van der Waals surface area (Å²) in [6.45, 7) is 0. The molecule has 0 unspecified atom stereocenters. The van der Waals surface area contributed by atoms with E-state index in [2.05, 4.69) is 0 Å². The number of nitrogens with zero attached hydrogens (tertiary/aromatic N) is 1. The van der Waals surface area contributed by atoms with Crippen molar-refractivity contribution in [3.63, 3.8) is 0 Å². The standard InChI is InChI=1S/C15H22N2O/c1-17(13-7-3-4-8-13)15(18)11-10-12-6-2-5-9-14(12)16/h2,5-6,9,13H,3-4,7-8,10-11,16H2,1H3. The molecule has 18 heavy (non-hydrogen) atoms. The molecule has 1 fully saturated rings. The molecule has 0 saturated heterocycles. The highest BCUT2D eigenvalue weighted by Crippen LogP contribution is 2.23. The summed E-state index contributed by atoms with van der Waals surface area (Å²) in [6.07, 6.45) is 6.14. The molecule has 1 aromatic carbocycles. The van der Waals surface area contributed by atoms with Crippen molar-refractivity contribution in [3.8, 4) is 0 Å². The first-order valence-electron chi connectivity index (χ1n) is 6.77. The number of benzene rings is 1. The van der Waals surface area contributed by atoms with E-state index in [-0.39, 0.29) is 5.91 Å².